The van der Waals surface area contributed by atoms with Crippen LogP contribution in [0.15, 0.2) is 73.3 Å². The number of nitrogens with two attached hydrogens (primary N) is 1. The summed E-state index contributed by atoms with van der Waals surface area (Å²) in [5, 5.41) is 0. The molecule has 0 bridgehead atoms. The van der Waals surface area contributed by atoms with Crippen molar-refractivity contribution in [1.29, 1.82) is 0 Å². The maximum atomic E-state index is 13.5. The van der Waals surface area contributed by atoms with Gasteiger partial charge in [0.05, 0.1) is 38.8 Å². The van der Waals surface area contributed by atoms with Crippen molar-refractivity contribution >= 4 is 24.6 Å². The first-order valence-corrected chi connectivity index (χ1v) is 12.9. The molecule has 0 radical (unpaired) electrons. The summed E-state index contributed by atoms with van der Waals surface area (Å²) in [5.41, 5.74) is 8.03. The van der Waals surface area contributed by atoms with Crippen LogP contribution in [0.1, 0.15) is 12.5 Å². The van der Waals surface area contributed by atoms with E-state index in [-0.39, 0.29) is 25.7 Å². The zero-order valence-electron chi connectivity index (χ0n) is 19.4. The monoisotopic (exact) mass is 497 g/mol. The maximum Gasteiger partial charge on any atom is 0.404 e. The van der Waals surface area contributed by atoms with Crippen LogP contribution in [-0.4, -0.2) is 45.2 Å². The normalized spacial score (nSPS) is 14.0. The standard InChI is InChI=1S/C24H28N5O5P/c1-19(14-29-17-28-22-23(25)26-16-27-24(22)29)32-18-35(30,34-21-10-6-3-7-11-21)33-13-12-31-15-20-8-4-2-5-9-20/h2-11,16-17,19H,12-15,18H2,1H3,(H2,25,26,27)/t19-,35?/m1/s1. The predicted octanol–water partition coefficient (Wildman–Crippen LogP) is 4.28. The van der Waals surface area contributed by atoms with Crippen LogP contribution in [0.3, 0.4) is 0 Å². The maximum absolute atomic E-state index is 13.5. The molecule has 4 rings (SSSR count). The lowest BCUT2D eigenvalue weighted by atomic mass is 10.2. The Morgan fingerprint density at radius 3 is 2.51 bits per heavy atom. The van der Waals surface area contributed by atoms with E-state index in [0.717, 1.165) is 5.56 Å². The van der Waals surface area contributed by atoms with Crippen LogP contribution in [0, 0.1) is 0 Å². The van der Waals surface area contributed by atoms with Crippen LogP contribution >= 0.6 is 7.60 Å². The minimum Gasteiger partial charge on any atom is -0.423 e. The summed E-state index contributed by atoms with van der Waals surface area (Å²) in [4.78, 5) is 12.4. The minimum absolute atomic E-state index is 0.0943. The molecule has 0 aliphatic rings. The Balaban J connectivity index is 1.33. The fraction of sp³-hybridized carbons (Fsp3) is 0.292. The van der Waals surface area contributed by atoms with Crippen molar-refractivity contribution in [3.8, 4) is 5.75 Å². The summed E-state index contributed by atoms with van der Waals surface area (Å²) in [6.45, 7) is 3.06. The molecule has 0 amide bonds. The van der Waals surface area contributed by atoms with Crippen molar-refractivity contribution in [3.63, 3.8) is 0 Å². The van der Waals surface area contributed by atoms with Crippen LogP contribution in [0.2, 0.25) is 0 Å². The molecular weight excluding hydrogens is 469 g/mol. The average Bonchev–Trinajstić information content (AvgIpc) is 3.28. The van der Waals surface area contributed by atoms with Crippen LogP contribution < -0.4 is 10.3 Å². The molecule has 2 atom stereocenters. The molecule has 0 fully saturated rings. The van der Waals surface area contributed by atoms with Gasteiger partial charge in [0.25, 0.3) is 0 Å². The van der Waals surface area contributed by atoms with Gasteiger partial charge < -0.3 is 24.3 Å². The van der Waals surface area contributed by atoms with E-state index in [9.17, 15) is 4.57 Å². The average molecular weight is 497 g/mol. The van der Waals surface area contributed by atoms with E-state index < -0.39 is 7.60 Å². The minimum atomic E-state index is -3.63. The fourth-order valence-corrected chi connectivity index (χ4v) is 4.72. The molecule has 0 saturated heterocycles. The first kappa shape index (κ1) is 24.8. The number of nitrogens with zero attached hydrogens (tertiary/aromatic N) is 4. The Morgan fingerprint density at radius 2 is 1.74 bits per heavy atom. The lowest BCUT2D eigenvalue weighted by Gasteiger charge is -2.22. The molecule has 1 unspecified atom stereocenters. The molecule has 2 heterocycles. The number of fused-ring (bicyclic) bond motifs is 1. The highest BCUT2D eigenvalue weighted by atomic mass is 31.2. The van der Waals surface area contributed by atoms with Crippen molar-refractivity contribution in [3.05, 3.63) is 78.9 Å². The van der Waals surface area contributed by atoms with Crippen molar-refractivity contribution < 1.29 is 23.1 Å². The van der Waals surface area contributed by atoms with Crippen molar-refractivity contribution in [2.75, 3.05) is 25.3 Å². The van der Waals surface area contributed by atoms with Crippen molar-refractivity contribution in [1.82, 2.24) is 19.5 Å². The number of ether oxygens (including phenoxy) is 2. The van der Waals surface area contributed by atoms with Gasteiger partial charge in [-0.25, -0.2) is 19.5 Å². The third-order valence-electron chi connectivity index (χ3n) is 5.02. The van der Waals surface area contributed by atoms with E-state index in [0.29, 0.717) is 35.9 Å². The lowest BCUT2D eigenvalue weighted by molar-refractivity contribution is 0.0598. The first-order valence-electron chi connectivity index (χ1n) is 11.2. The molecule has 2 aromatic carbocycles. The summed E-state index contributed by atoms with van der Waals surface area (Å²) < 4.78 is 38.2. The SMILES string of the molecule is C[C@H](Cn1cnc2c(N)ncnc21)OCP(=O)(OCCOCc1ccccc1)Oc1ccccc1. The Kier molecular flexibility index (Phi) is 8.44. The lowest BCUT2D eigenvalue weighted by Crippen LogP contribution is -2.19. The number of hydrogen-bond donors (Lipinski definition) is 1. The van der Waals surface area contributed by atoms with E-state index in [4.69, 9.17) is 24.3 Å². The molecule has 2 aromatic heterocycles. The summed E-state index contributed by atoms with van der Waals surface area (Å²) in [5.74, 6) is 0.746. The third kappa shape index (κ3) is 7.10. The van der Waals surface area contributed by atoms with Gasteiger partial charge >= 0.3 is 7.60 Å². The van der Waals surface area contributed by atoms with Gasteiger partial charge in [0, 0.05) is 0 Å². The Hall–Kier alpha value is -3.30. The molecular formula is C24H28N5O5P. The third-order valence-corrected chi connectivity index (χ3v) is 6.55. The summed E-state index contributed by atoms with van der Waals surface area (Å²) >= 11 is 0. The summed E-state index contributed by atoms with van der Waals surface area (Å²) in [6, 6.07) is 18.7. The molecule has 4 aromatic rings. The molecule has 10 nitrogen and oxygen atoms in total. The van der Waals surface area contributed by atoms with Gasteiger partial charge in [-0.3, -0.25) is 4.52 Å². The highest BCUT2D eigenvalue weighted by Crippen LogP contribution is 2.48. The molecule has 184 valence electrons. The van der Waals surface area contributed by atoms with Crippen LogP contribution in [0.25, 0.3) is 11.2 Å². The first-order chi connectivity index (χ1) is 17.0. The van der Waals surface area contributed by atoms with Gasteiger partial charge in [0.2, 0.25) is 0 Å². The van der Waals surface area contributed by atoms with E-state index in [1.165, 1.54) is 6.33 Å². The molecule has 0 aliphatic carbocycles. The van der Waals surface area contributed by atoms with E-state index in [1.54, 1.807) is 35.2 Å². The molecule has 0 spiro atoms. The number of anilines is 1. The van der Waals surface area contributed by atoms with Gasteiger partial charge in [-0.2, -0.15) is 0 Å². The second kappa shape index (κ2) is 11.9. The van der Waals surface area contributed by atoms with Crippen LogP contribution in [0.5, 0.6) is 5.75 Å². The number of aromatic nitrogens is 4. The van der Waals surface area contributed by atoms with E-state index in [2.05, 4.69) is 15.0 Å². The van der Waals surface area contributed by atoms with Gasteiger partial charge in [-0.15, -0.1) is 0 Å². The van der Waals surface area contributed by atoms with Gasteiger partial charge in [-0.1, -0.05) is 48.5 Å². The fourth-order valence-electron chi connectivity index (χ4n) is 3.31. The smallest absolute Gasteiger partial charge is 0.404 e. The highest BCUT2D eigenvalue weighted by molar-refractivity contribution is 7.54. The Morgan fingerprint density at radius 1 is 1.00 bits per heavy atom. The van der Waals surface area contributed by atoms with Crippen LogP contribution in [-0.2, 0) is 31.7 Å². The zero-order chi connectivity index (χ0) is 24.5. The van der Waals surface area contributed by atoms with Crippen molar-refractivity contribution in [2.24, 2.45) is 0 Å². The number of nitrogen functional groups attached to an aromatic ring is 1. The summed E-state index contributed by atoms with van der Waals surface area (Å²) in [7, 11) is -3.63. The highest BCUT2D eigenvalue weighted by Gasteiger charge is 2.28. The molecule has 35 heavy (non-hydrogen) atoms. The van der Waals surface area contributed by atoms with Gasteiger partial charge in [0.1, 0.15) is 17.6 Å². The molecule has 0 aliphatic heterocycles. The second-order valence-electron chi connectivity index (χ2n) is 7.82. The van der Waals surface area contributed by atoms with Gasteiger partial charge in [-0.05, 0) is 24.6 Å². The number of benzene rings is 2. The number of hydrogen-bond acceptors (Lipinski definition) is 9. The van der Waals surface area contributed by atoms with Crippen LogP contribution in [0.4, 0.5) is 5.82 Å². The molecule has 11 heteroatoms. The van der Waals surface area contributed by atoms with E-state index >= 15 is 0 Å². The zero-order valence-corrected chi connectivity index (χ0v) is 20.3. The second-order valence-corrected chi connectivity index (χ2v) is 9.74. The molecule has 2 N–H and O–H groups in total. The topological polar surface area (TPSA) is 124 Å². The Labute approximate surface area is 203 Å². The number of imidazole rings is 1. The quantitative estimate of drug-likeness (QED) is 0.213. The predicted molar refractivity (Wildman–Crippen MR) is 132 cm³/mol. The summed E-state index contributed by atoms with van der Waals surface area (Å²) in [6.07, 6.45) is 2.44. The largest absolute Gasteiger partial charge is 0.423 e. The van der Waals surface area contributed by atoms with E-state index in [1.807, 2.05) is 43.3 Å². The number of para-hydroxylation sites is 1. The van der Waals surface area contributed by atoms with Gasteiger partial charge in [0.15, 0.2) is 17.8 Å². The number of rotatable bonds is 13. The van der Waals surface area contributed by atoms with Crippen molar-refractivity contribution in [2.45, 2.75) is 26.2 Å². The molecule has 0 saturated carbocycles. The Bertz CT molecular complexity index is 1260.